The lowest BCUT2D eigenvalue weighted by Crippen LogP contribution is -2.50. The number of benzene rings is 2. The summed E-state index contributed by atoms with van der Waals surface area (Å²) < 4.78 is 0. The van der Waals surface area contributed by atoms with E-state index in [-0.39, 0.29) is 36.4 Å². The quantitative estimate of drug-likeness (QED) is 0.605. The Bertz CT molecular complexity index is 638. The van der Waals surface area contributed by atoms with Crippen LogP contribution in [0, 0.1) is 0 Å². The predicted octanol–water partition coefficient (Wildman–Crippen LogP) is 4.03. The molecule has 146 valence electrons. The van der Waals surface area contributed by atoms with Gasteiger partial charge in [0.05, 0.1) is 6.10 Å². The van der Waals surface area contributed by atoms with Crippen molar-refractivity contribution >= 4 is 36.4 Å². The zero-order chi connectivity index (χ0) is 17.6. The summed E-state index contributed by atoms with van der Waals surface area (Å²) in [5, 5.41) is 14.5. The molecule has 0 heterocycles. The van der Waals surface area contributed by atoms with Crippen molar-refractivity contribution in [3.63, 3.8) is 0 Å². The van der Waals surface area contributed by atoms with Crippen LogP contribution in [0.15, 0.2) is 54.6 Å². The van der Waals surface area contributed by atoms with Crippen LogP contribution in [-0.2, 0) is 12.8 Å². The summed E-state index contributed by atoms with van der Waals surface area (Å²) in [5.74, 6) is 0. The molecule has 0 saturated carbocycles. The van der Waals surface area contributed by atoms with Crippen molar-refractivity contribution < 1.29 is 5.11 Å². The molecule has 0 saturated heterocycles. The average molecular weight is 420 g/mol. The Morgan fingerprint density at radius 3 is 2.27 bits per heavy atom. The summed E-state index contributed by atoms with van der Waals surface area (Å²) in [7, 11) is 0. The molecular weight excluding hydrogens is 391 g/mol. The SMILES string of the molecule is CC(C)(Cc1cccc(Cl)c1)NC[C@@H](O)[C@@H](N)Cc1ccccc1.Cl.Cl. The first-order chi connectivity index (χ1) is 11.4. The first-order valence-corrected chi connectivity index (χ1v) is 8.70. The van der Waals surface area contributed by atoms with Crippen molar-refractivity contribution in [3.8, 4) is 0 Å². The number of nitrogens with two attached hydrogens (primary N) is 1. The number of rotatable bonds is 8. The lowest BCUT2D eigenvalue weighted by Gasteiger charge is -2.29. The summed E-state index contributed by atoms with van der Waals surface area (Å²) >= 11 is 6.04. The zero-order valence-corrected chi connectivity index (χ0v) is 17.6. The van der Waals surface area contributed by atoms with Gasteiger partial charge in [0.15, 0.2) is 0 Å². The summed E-state index contributed by atoms with van der Waals surface area (Å²) in [6.45, 7) is 4.69. The summed E-state index contributed by atoms with van der Waals surface area (Å²) in [6.07, 6.45) is 0.899. The van der Waals surface area contributed by atoms with E-state index in [0.29, 0.717) is 13.0 Å². The molecule has 2 atom stereocenters. The van der Waals surface area contributed by atoms with E-state index in [1.807, 2.05) is 48.5 Å². The normalized spacial score (nSPS) is 13.3. The van der Waals surface area contributed by atoms with Crippen LogP contribution in [0.4, 0.5) is 0 Å². The van der Waals surface area contributed by atoms with Crippen LogP contribution in [0.25, 0.3) is 0 Å². The maximum absolute atomic E-state index is 10.3. The van der Waals surface area contributed by atoms with Gasteiger partial charge in [0.2, 0.25) is 0 Å². The molecule has 26 heavy (non-hydrogen) atoms. The molecule has 6 heteroatoms. The topological polar surface area (TPSA) is 58.3 Å². The van der Waals surface area contributed by atoms with Gasteiger partial charge >= 0.3 is 0 Å². The van der Waals surface area contributed by atoms with Crippen molar-refractivity contribution in [2.45, 2.75) is 44.4 Å². The van der Waals surface area contributed by atoms with E-state index in [0.717, 1.165) is 17.0 Å². The molecule has 0 bridgehead atoms. The van der Waals surface area contributed by atoms with Crippen molar-refractivity contribution in [2.24, 2.45) is 5.73 Å². The van der Waals surface area contributed by atoms with Gasteiger partial charge in [0.25, 0.3) is 0 Å². The number of hydrogen-bond acceptors (Lipinski definition) is 3. The highest BCUT2D eigenvalue weighted by molar-refractivity contribution is 6.30. The second kappa shape index (κ2) is 11.8. The van der Waals surface area contributed by atoms with Gasteiger partial charge in [-0.05, 0) is 49.9 Å². The van der Waals surface area contributed by atoms with Crippen LogP contribution >= 0.6 is 36.4 Å². The third-order valence-corrected chi connectivity index (χ3v) is 4.37. The fourth-order valence-electron chi connectivity index (χ4n) is 2.77. The lowest BCUT2D eigenvalue weighted by molar-refractivity contribution is 0.131. The molecule has 0 amide bonds. The Hall–Kier alpha value is -0.810. The van der Waals surface area contributed by atoms with Crippen LogP contribution in [-0.4, -0.2) is 29.3 Å². The van der Waals surface area contributed by atoms with Gasteiger partial charge in [-0.15, -0.1) is 24.8 Å². The molecule has 0 aromatic heterocycles. The fraction of sp³-hybridized carbons (Fsp3) is 0.400. The predicted molar refractivity (Wildman–Crippen MR) is 116 cm³/mol. The fourth-order valence-corrected chi connectivity index (χ4v) is 2.99. The van der Waals surface area contributed by atoms with E-state index in [1.165, 1.54) is 5.56 Å². The van der Waals surface area contributed by atoms with E-state index in [1.54, 1.807) is 0 Å². The smallest absolute Gasteiger partial charge is 0.0818 e. The maximum Gasteiger partial charge on any atom is 0.0818 e. The van der Waals surface area contributed by atoms with Gasteiger partial charge in [0, 0.05) is 23.1 Å². The molecule has 3 nitrogen and oxygen atoms in total. The van der Waals surface area contributed by atoms with Crippen molar-refractivity contribution in [3.05, 3.63) is 70.7 Å². The number of hydrogen-bond donors (Lipinski definition) is 3. The molecule has 0 aliphatic heterocycles. The second-order valence-corrected chi connectivity index (χ2v) is 7.43. The molecule has 0 spiro atoms. The van der Waals surface area contributed by atoms with Crippen LogP contribution in [0.1, 0.15) is 25.0 Å². The number of aliphatic hydroxyl groups excluding tert-OH is 1. The molecule has 0 fully saturated rings. The minimum atomic E-state index is -0.594. The van der Waals surface area contributed by atoms with Gasteiger partial charge < -0.3 is 16.2 Å². The van der Waals surface area contributed by atoms with Crippen LogP contribution in [0.5, 0.6) is 0 Å². The van der Waals surface area contributed by atoms with Crippen molar-refractivity contribution in [1.82, 2.24) is 5.32 Å². The first-order valence-electron chi connectivity index (χ1n) is 8.33. The van der Waals surface area contributed by atoms with Crippen molar-refractivity contribution in [2.75, 3.05) is 6.54 Å². The molecule has 4 N–H and O–H groups in total. The minimum absolute atomic E-state index is 0. The van der Waals surface area contributed by atoms with E-state index in [4.69, 9.17) is 17.3 Å². The van der Waals surface area contributed by atoms with Crippen molar-refractivity contribution in [1.29, 1.82) is 0 Å². The monoisotopic (exact) mass is 418 g/mol. The third-order valence-electron chi connectivity index (χ3n) is 4.13. The Morgan fingerprint density at radius 2 is 1.65 bits per heavy atom. The highest BCUT2D eigenvalue weighted by atomic mass is 35.5. The zero-order valence-electron chi connectivity index (χ0n) is 15.2. The van der Waals surface area contributed by atoms with Gasteiger partial charge in [-0.1, -0.05) is 54.1 Å². The number of nitrogens with one attached hydrogen (secondary N) is 1. The summed E-state index contributed by atoms with van der Waals surface area (Å²) in [5.41, 5.74) is 8.30. The number of β-amino-alcohol motifs (C(OH)–C–C–N with tert-alkyl or cyclic N) is 1. The van der Waals surface area contributed by atoms with Gasteiger partial charge in [0.1, 0.15) is 0 Å². The second-order valence-electron chi connectivity index (χ2n) is 6.99. The number of aliphatic hydroxyl groups is 1. The Kier molecular flexibility index (Phi) is 11.4. The first kappa shape index (κ1) is 25.2. The summed E-state index contributed by atoms with van der Waals surface area (Å²) in [6, 6.07) is 17.6. The molecule has 0 radical (unpaired) electrons. The molecule has 0 aliphatic rings. The van der Waals surface area contributed by atoms with E-state index in [9.17, 15) is 5.11 Å². The van der Waals surface area contributed by atoms with E-state index < -0.39 is 6.10 Å². The van der Waals surface area contributed by atoms with Gasteiger partial charge in [-0.25, -0.2) is 0 Å². The maximum atomic E-state index is 10.3. The van der Waals surface area contributed by atoms with Gasteiger partial charge in [-0.3, -0.25) is 0 Å². The molecular formula is C20H29Cl3N2O. The van der Waals surface area contributed by atoms with Crippen LogP contribution in [0.2, 0.25) is 5.02 Å². The standard InChI is InChI=1S/C20H27ClN2O.2ClH/c1-20(2,13-16-9-6-10-17(21)11-16)23-14-19(24)18(22)12-15-7-4-3-5-8-15;;/h3-11,18-19,23-24H,12-14,22H2,1-2H3;2*1H/t18-,19+;;/m0../s1. The average Bonchev–Trinajstić information content (AvgIpc) is 2.53. The Balaban J connectivity index is 0.00000312. The highest BCUT2D eigenvalue weighted by Gasteiger charge is 2.22. The largest absolute Gasteiger partial charge is 0.390 e. The Morgan fingerprint density at radius 1 is 1.04 bits per heavy atom. The molecule has 2 aromatic carbocycles. The van der Waals surface area contributed by atoms with E-state index >= 15 is 0 Å². The van der Waals surface area contributed by atoms with Crippen LogP contribution in [0.3, 0.4) is 0 Å². The molecule has 0 unspecified atom stereocenters. The molecule has 2 aromatic rings. The van der Waals surface area contributed by atoms with Gasteiger partial charge in [-0.2, -0.15) is 0 Å². The minimum Gasteiger partial charge on any atom is -0.390 e. The molecule has 2 rings (SSSR count). The lowest BCUT2D eigenvalue weighted by atomic mass is 9.94. The van der Waals surface area contributed by atoms with Crippen LogP contribution < -0.4 is 11.1 Å². The highest BCUT2D eigenvalue weighted by Crippen LogP contribution is 2.17. The number of halogens is 3. The Labute approximate surface area is 174 Å². The molecule has 0 aliphatic carbocycles. The third kappa shape index (κ3) is 8.72. The summed E-state index contributed by atoms with van der Waals surface area (Å²) in [4.78, 5) is 0. The van der Waals surface area contributed by atoms with E-state index in [2.05, 4.69) is 25.2 Å².